The van der Waals surface area contributed by atoms with Gasteiger partial charge in [0, 0.05) is 5.56 Å². The number of rotatable bonds is 2. The smallest absolute Gasteiger partial charge is 0.266 e. The van der Waals surface area contributed by atoms with Crippen LogP contribution in [0, 0.1) is 6.92 Å². The predicted molar refractivity (Wildman–Crippen MR) is 52.5 cm³/mol. The molecule has 1 aromatic carbocycles. The third kappa shape index (κ3) is 2.85. The summed E-state index contributed by atoms with van der Waals surface area (Å²) < 4.78 is 24.6. The van der Waals surface area contributed by atoms with Crippen LogP contribution >= 0.6 is 0 Å². The Morgan fingerprint density at radius 3 is 2.36 bits per heavy atom. The Kier molecular flexibility index (Phi) is 2.90. The summed E-state index contributed by atoms with van der Waals surface area (Å²) in [5.74, 6) is -0.717. The number of hydrogen-bond acceptors (Lipinski definition) is 3. The maximum absolute atomic E-state index is 11.3. The summed E-state index contributed by atoms with van der Waals surface area (Å²) in [5, 5.41) is 0. The number of nitrogens with zero attached hydrogens (tertiary/aromatic N) is 1. The molecular weight excluding hydrogens is 202 g/mol. The van der Waals surface area contributed by atoms with Gasteiger partial charge in [-0.25, -0.2) is 8.42 Å². The lowest BCUT2D eigenvalue weighted by atomic mass is 10.1. The van der Waals surface area contributed by atoms with Gasteiger partial charge in [-0.3, -0.25) is 4.79 Å². The van der Waals surface area contributed by atoms with Gasteiger partial charge in [0.15, 0.2) is 0 Å². The number of benzene rings is 1. The van der Waals surface area contributed by atoms with Crippen molar-refractivity contribution in [1.29, 1.82) is 0 Å². The molecule has 0 aliphatic rings. The molecule has 0 unspecified atom stereocenters. The molecule has 0 heterocycles. The molecular formula is C9H10NO3S. The molecule has 1 radical (unpaired) electrons. The van der Waals surface area contributed by atoms with Gasteiger partial charge in [0.2, 0.25) is 0 Å². The standard InChI is InChI=1S/C9H10NO3S/c1-7-5-3-4-6-8(7)9(11)10-14(2,12)13/h3-6H,1-2H3. The van der Waals surface area contributed by atoms with Gasteiger partial charge in [-0.2, -0.15) is 0 Å². The van der Waals surface area contributed by atoms with Crippen molar-refractivity contribution in [2.75, 3.05) is 6.26 Å². The molecule has 0 atom stereocenters. The Hall–Kier alpha value is -1.36. The van der Waals surface area contributed by atoms with Crippen molar-refractivity contribution < 1.29 is 13.2 Å². The molecule has 0 aromatic heterocycles. The van der Waals surface area contributed by atoms with E-state index in [1.807, 2.05) is 0 Å². The van der Waals surface area contributed by atoms with Crippen LogP contribution in [0.5, 0.6) is 0 Å². The van der Waals surface area contributed by atoms with Gasteiger partial charge in [0.1, 0.15) is 0 Å². The highest BCUT2D eigenvalue weighted by Gasteiger charge is 2.14. The molecule has 1 rings (SSSR count). The lowest BCUT2D eigenvalue weighted by Crippen LogP contribution is -2.22. The fourth-order valence-corrected chi connectivity index (χ4v) is 1.41. The van der Waals surface area contributed by atoms with E-state index in [1.54, 1.807) is 31.2 Å². The third-order valence-corrected chi connectivity index (χ3v) is 2.12. The summed E-state index contributed by atoms with van der Waals surface area (Å²) in [6.07, 6.45) is 0.892. The number of aryl methyl sites for hydroxylation is 1. The normalized spacial score (nSPS) is 11.0. The lowest BCUT2D eigenvalue weighted by Gasteiger charge is -2.02. The zero-order valence-electron chi connectivity index (χ0n) is 7.89. The number of amides is 1. The Morgan fingerprint density at radius 2 is 1.86 bits per heavy atom. The molecule has 5 heteroatoms. The quantitative estimate of drug-likeness (QED) is 0.724. The second-order valence-corrected chi connectivity index (χ2v) is 4.59. The first-order valence-corrected chi connectivity index (χ1v) is 5.78. The van der Waals surface area contributed by atoms with Crippen molar-refractivity contribution in [1.82, 2.24) is 4.72 Å². The van der Waals surface area contributed by atoms with Crippen LogP contribution in [0.25, 0.3) is 0 Å². The Balaban J connectivity index is 2.97. The van der Waals surface area contributed by atoms with E-state index in [-0.39, 0.29) is 0 Å². The van der Waals surface area contributed by atoms with Crippen molar-refractivity contribution in [2.24, 2.45) is 0 Å². The second-order valence-electron chi connectivity index (χ2n) is 2.94. The van der Waals surface area contributed by atoms with Gasteiger partial charge in [0.25, 0.3) is 15.9 Å². The Labute approximate surface area is 83.0 Å². The fraction of sp³-hybridized carbons (Fsp3) is 0.222. The van der Waals surface area contributed by atoms with Crippen LogP contribution in [-0.2, 0) is 10.0 Å². The highest BCUT2D eigenvalue weighted by Crippen LogP contribution is 2.07. The first kappa shape index (κ1) is 10.7. The van der Waals surface area contributed by atoms with Crippen LogP contribution in [0.2, 0.25) is 0 Å². The zero-order chi connectivity index (χ0) is 10.8. The van der Waals surface area contributed by atoms with Gasteiger partial charge in [0.05, 0.1) is 6.26 Å². The summed E-state index contributed by atoms with van der Waals surface area (Å²) in [6, 6.07) is 6.71. The van der Waals surface area contributed by atoms with Gasteiger partial charge in [-0.05, 0) is 18.6 Å². The molecule has 14 heavy (non-hydrogen) atoms. The number of sulfonamides is 1. The molecule has 1 amide bonds. The van der Waals surface area contributed by atoms with E-state index in [1.165, 1.54) is 0 Å². The zero-order valence-corrected chi connectivity index (χ0v) is 8.71. The SMILES string of the molecule is Cc1ccccc1C(=O)[N]S(C)(=O)=O. The van der Waals surface area contributed by atoms with E-state index in [2.05, 4.69) is 4.72 Å². The van der Waals surface area contributed by atoms with Crippen LogP contribution in [-0.4, -0.2) is 20.6 Å². The van der Waals surface area contributed by atoms with Crippen molar-refractivity contribution >= 4 is 15.9 Å². The summed E-state index contributed by atoms with van der Waals surface area (Å²) in [6.45, 7) is 1.73. The topological polar surface area (TPSA) is 65.3 Å². The largest absolute Gasteiger partial charge is 0.288 e. The minimum absolute atomic E-state index is 0.318. The van der Waals surface area contributed by atoms with E-state index in [9.17, 15) is 13.2 Å². The van der Waals surface area contributed by atoms with Gasteiger partial charge < -0.3 is 0 Å². The fourth-order valence-electron chi connectivity index (χ4n) is 1.01. The third-order valence-electron chi connectivity index (χ3n) is 1.62. The molecule has 0 aliphatic heterocycles. The predicted octanol–water partition coefficient (Wildman–Crippen LogP) is 0.699. The maximum atomic E-state index is 11.3. The average Bonchev–Trinajstić information content (AvgIpc) is 2.01. The molecule has 0 fully saturated rings. The highest BCUT2D eigenvalue weighted by molar-refractivity contribution is 7.89. The van der Waals surface area contributed by atoms with Crippen LogP contribution in [0.1, 0.15) is 15.9 Å². The number of hydrogen-bond donors (Lipinski definition) is 0. The van der Waals surface area contributed by atoms with Crippen LogP contribution < -0.4 is 4.72 Å². The molecule has 1 aromatic rings. The summed E-state index contributed by atoms with van der Waals surface area (Å²) in [4.78, 5) is 11.3. The summed E-state index contributed by atoms with van der Waals surface area (Å²) in [5.41, 5.74) is 1.03. The molecule has 0 spiro atoms. The minimum atomic E-state index is -3.61. The molecule has 4 nitrogen and oxygen atoms in total. The first-order chi connectivity index (χ1) is 6.40. The molecule has 0 bridgehead atoms. The summed E-state index contributed by atoms with van der Waals surface area (Å²) in [7, 11) is -3.61. The Morgan fingerprint density at radius 1 is 1.29 bits per heavy atom. The second kappa shape index (κ2) is 3.79. The van der Waals surface area contributed by atoms with Crippen LogP contribution in [0.15, 0.2) is 24.3 Å². The van der Waals surface area contributed by atoms with Gasteiger partial charge in [-0.1, -0.05) is 18.2 Å². The van der Waals surface area contributed by atoms with Crippen molar-refractivity contribution in [3.63, 3.8) is 0 Å². The molecule has 75 valence electrons. The first-order valence-electron chi connectivity index (χ1n) is 3.93. The highest BCUT2D eigenvalue weighted by atomic mass is 32.2. The lowest BCUT2D eigenvalue weighted by molar-refractivity contribution is 0.0978. The van der Waals surface area contributed by atoms with Crippen LogP contribution in [0.4, 0.5) is 0 Å². The van der Waals surface area contributed by atoms with Gasteiger partial charge >= 0.3 is 0 Å². The molecule has 0 saturated heterocycles. The van der Waals surface area contributed by atoms with E-state index in [4.69, 9.17) is 0 Å². The monoisotopic (exact) mass is 212 g/mol. The van der Waals surface area contributed by atoms with Crippen LogP contribution in [0.3, 0.4) is 0 Å². The van der Waals surface area contributed by atoms with Crippen molar-refractivity contribution in [3.8, 4) is 0 Å². The van der Waals surface area contributed by atoms with E-state index in [0.717, 1.165) is 6.26 Å². The average molecular weight is 212 g/mol. The maximum Gasteiger partial charge on any atom is 0.288 e. The molecule has 0 saturated carbocycles. The van der Waals surface area contributed by atoms with E-state index in [0.29, 0.717) is 11.1 Å². The van der Waals surface area contributed by atoms with E-state index >= 15 is 0 Å². The van der Waals surface area contributed by atoms with E-state index < -0.39 is 15.9 Å². The Bertz CT molecular complexity index is 451. The van der Waals surface area contributed by atoms with Crippen molar-refractivity contribution in [3.05, 3.63) is 35.4 Å². The number of carbonyl (C=O) groups is 1. The van der Waals surface area contributed by atoms with Crippen molar-refractivity contribution in [2.45, 2.75) is 6.92 Å². The summed E-state index contributed by atoms with van der Waals surface area (Å²) >= 11 is 0. The number of carbonyl (C=O) groups excluding carboxylic acids is 1. The molecule has 0 aliphatic carbocycles. The molecule has 0 N–H and O–H groups in total. The minimum Gasteiger partial charge on any atom is -0.266 e. The van der Waals surface area contributed by atoms with Gasteiger partial charge in [-0.15, -0.1) is 4.72 Å².